The summed E-state index contributed by atoms with van der Waals surface area (Å²) in [6.45, 7) is 4.30. The van der Waals surface area contributed by atoms with Crippen LogP contribution in [0.3, 0.4) is 0 Å². The highest BCUT2D eigenvalue weighted by atomic mass is 16.5. The van der Waals surface area contributed by atoms with Crippen LogP contribution >= 0.6 is 0 Å². The van der Waals surface area contributed by atoms with Crippen LogP contribution in [0.25, 0.3) is 0 Å². The molecule has 0 spiro atoms. The van der Waals surface area contributed by atoms with Gasteiger partial charge in [-0.1, -0.05) is 5.92 Å². The monoisotopic (exact) mass is 196 g/mol. The molecular formula is C11H20N2O. The minimum Gasteiger partial charge on any atom is -0.381 e. The maximum atomic E-state index is 5.72. The molecule has 0 aromatic rings. The number of ether oxygens (including phenoxy) is 1. The Labute approximate surface area is 86.4 Å². The lowest BCUT2D eigenvalue weighted by Crippen LogP contribution is -2.48. The average Bonchev–Trinajstić information content (AvgIpc) is 2.26. The summed E-state index contributed by atoms with van der Waals surface area (Å²) in [6, 6.07) is 0.381. The second-order valence-corrected chi connectivity index (χ2v) is 3.87. The van der Waals surface area contributed by atoms with E-state index >= 15 is 0 Å². The molecule has 3 atom stereocenters. The number of hydrogen-bond acceptors (Lipinski definition) is 3. The summed E-state index contributed by atoms with van der Waals surface area (Å²) < 4.78 is 5.43. The van der Waals surface area contributed by atoms with E-state index in [1.54, 1.807) is 0 Å². The van der Waals surface area contributed by atoms with Crippen LogP contribution in [0.4, 0.5) is 0 Å². The molecule has 1 aliphatic rings. The molecule has 0 saturated carbocycles. The lowest BCUT2D eigenvalue weighted by molar-refractivity contribution is 0.0399. The van der Waals surface area contributed by atoms with Gasteiger partial charge in [0.25, 0.3) is 0 Å². The summed E-state index contributed by atoms with van der Waals surface area (Å²) in [5.74, 6) is 3.18. The normalized spacial score (nSPS) is 26.5. The third-order valence-corrected chi connectivity index (χ3v) is 2.73. The molecule has 0 radical (unpaired) electrons. The third kappa shape index (κ3) is 3.30. The van der Waals surface area contributed by atoms with Gasteiger partial charge in [-0.25, -0.2) is 0 Å². The largest absolute Gasteiger partial charge is 0.381 e. The summed E-state index contributed by atoms with van der Waals surface area (Å²) >= 11 is 0. The van der Waals surface area contributed by atoms with Crippen molar-refractivity contribution in [2.75, 3.05) is 19.8 Å². The van der Waals surface area contributed by atoms with E-state index in [0.717, 1.165) is 19.6 Å². The minimum absolute atomic E-state index is 0.0884. The Balaban J connectivity index is 2.40. The highest BCUT2D eigenvalue weighted by molar-refractivity contribution is 4.98. The highest BCUT2D eigenvalue weighted by Gasteiger charge is 2.23. The van der Waals surface area contributed by atoms with E-state index in [1.807, 2.05) is 6.92 Å². The van der Waals surface area contributed by atoms with Crippen LogP contribution in [-0.2, 0) is 4.74 Å². The van der Waals surface area contributed by atoms with Gasteiger partial charge >= 0.3 is 0 Å². The van der Waals surface area contributed by atoms with Crippen molar-refractivity contribution in [3.63, 3.8) is 0 Å². The summed E-state index contributed by atoms with van der Waals surface area (Å²) in [5, 5.41) is 3.34. The van der Waals surface area contributed by atoms with Gasteiger partial charge in [-0.2, -0.15) is 0 Å². The van der Waals surface area contributed by atoms with Gasteiger partial charge in [-0.3, -0.25) is 5.32 Å². The first kappa shape index (κ1) is 11.5. The SMILES string of the molecule is C#CC(C)NC(CN)C1CCCOC1. The Hall–Kier alpha value is -0.560. The summed E-state index contributed by atoms with van der Waals surface area (Å²) in [6.07, 6.45) is 7.64. The van der Waals surface area contributed by atoms with Gasteiger partial charge in [-0.15, -0.1) is 6.42 Å². The van der Waals surface area contributed by atoms with E-state index in [-0.39, 0.29) is 6.04 Å². The minimum atomic E-state index is 0.0884. The molecule has 1 aliphatic heterocycles. The second-order valence-electron chi connectivity index (χ2n) is 3.87. The standard InChI is InChI=1S/C11H20N2O/c1-3-9(2)13-11(7-12)10-5-4-6-14-8-10/h1,9-11,13H,4-8,12H2,2H3. The van der Waals surface area contributed by atoms with E-state index in [2.05, 4.69) is 11.2 Å². The van der Waals surface area contributed by atoms with Crippen molar-refractivity contribution in [3.05, 3.63) is 0 Å². The van der Waals surface area contributed by atoms with E-state index in [9.17, 15) is 0 Å². The lowest BCUT2D eigenvalue weighted by Gasteiger charge is -2.31. The van der Waals surface area contributed by atoms with Crippen molar-refractivity contribution < 1.29 is 4.74 Å². The molecule has 1 saturated heterocycles. The van der Waals surface area contributed by atoms with E-state index in [0.29, 0.717) is 18.5 Å². The fourth-order valence-electron chi connectivity index (χ4n) is 1.85. The van der Waals surface area contributed by atoms with Crippen molar-refractivity contribution >= 4 is 0 Å². The molecule has 3 nitrogen and oxygen atoms in total. The third-order valence-electron chi connectivity index (χ3n) is 2.73. The van der Waals surface area contributed by atoms with Gasteiger partial charge in [0.15, 0.2) is 0 Å². The summed E-state index contributed by atoms with van der Waals surface area (Å²) in [5.41, 5.74) is 5.72. The highest BCUT2D eigenvalue weighted by Crippen LogP contribution is 2.17. The fourth-order valence-corrected chi connectivity index (χ4v) is 1.85. The Morgan fingerprint density at radius 1 is 1.71 bits per heavy atom. The zero-order valence-corrected chi connectivity index (χ0v) is 8.83. The quantitative estimate of drug-likeness (QED) is 0.638. The zero-order valence-electron chi connectivity index (χ0n) is 8.83. The first-order chi connectivity index (χ1) is 6.77. The smallest absolute Gasteiger partial charge is 0.0661 e. The molecule has 3 N–H and O–H groups in total. The van der Waals surface area contributed by atoms with Crippen molar-refractivity contribution in [1.82, 2.24) is 5.32 Å². The molecule has 1 heterocycles. The maximum absolute atomic E-state index is 5.72. The van der Waals surface area contributed by atoms with Crippen LogP contribution in [0.2, 0.25) is 0 Å². The van der Waals surface area contributed by atoms with E-state index in [4.69, 9.17) is 16.9 Å². The second kappa shape index (κ2) is 6.02. The Morgan fingerprint density at radius 2 is 2.50 bits per heavy atom. The van der Waals surface area contributed by atoms with E-state index < -0.39 is 0 Å². The van der Waals surface area contributed by atoms with Gasteiger partial charge in [0.05, 0.1) is 12.6 Å². The predicted octanol–water partition coefficient (Wildman–Crippen LogP) is 0.352. The predicted molar refractivity (Wildman–Crippen MR) is 57.8 cm³/mol. The molecule has 14 heavy (non-hydrogen) atoms. The topological polar surface area (TPSA) is 47.3 Å². The molecule has 0 aromatic carbocycles. The molecular weight excluding hydrogens is 176 g/mol. The number of nitrogens with one attached hydrogen (secondary N) is 1. The van der Waals surface area contributed by atoms with Gasteiger partial charge in [0.1, 0.15) is 0 Å². The molecule has 1 fully saturated rings. The average molecular weight is 196 g/mol. The summed E-state index contributed by atoms with van der Waals surface area (Å²) in [7, 11) is 0. The molecule has 0 aromatic heterocycles. The number of hydrogen-bond donors (Lipinski definition) is 2. The van der Waals surface area contributed by atoms with Crippen LogP contribution in [0.1, 0.15) is 19.8 Å². The van der Waals surface area contributed by atoms with Gasteiger partial charge in [0, 0.05) is 19.2 Å². The number of rotatable bonds is 4. The Bertz CT molecular complexity index is 194. The van der Waals surface area contributed by atoms with Gasteiger partial charge in [0.2, 0.25) is 0 Å². The molecule has 0 amide bonds. The lowest BCUT2D eigenvalue weighted by atomic mass is 9.93. The number of terminal acetylenes is 1. The molecule has 80 valence electrons. The zero-order chi connectivity index (χ0) is 10.4. The first-order valence-electron chi connectivity index (χ1n) is 5.28. The van der Waals surface area contributed by atoms with Crippen LogP contribution < -0.4 is 11.1 Å². The number of nitrogens with two attached hydrogens (primary N) is 1. The van der Waals surface area contributed by atoms with Crippen molar-refractivity contribution in [2.24, 2.45) is 11.7 Å². The van der Waals surface area contributed by atoms with Crippen molar-refractivity contribution in [2.45, 2.75) is 31.8 Å². The van der Waals surface area contributed by atoms with Gasteiger partial charge < -0.3 is 10.5 Å². The molecule has 0 bridgehead atoms. The van der Waals surface area contributed by atoms with Crippen molar-refractivity contribution in [3.8, 4) is 12.3 Å². The first-order valence-corrected chi connectivity index (χ1v) is 5.28. The molecule has 3 unspecified atom stereocenters. The molecule has 1 rings (SSSR count). The maximum Gasteiger partial charge on any atom is 0.0661 e. The fraction of sp³-hybridized carbons (Fsp3) is 0.818. The Kier molecular flexibility index (Phi) is 4.95. The van der Waals surface area contributed by atoms with Crippen LogP contribution in [0.15, 0.2) is 0 Å². The van der Waals surface area contributed by atoms with Crippen LogP contribution in [0, 0.1) is 18.3 Å². The molecule has 0 aliphatic carbocycles. The van der Waals surface area contributed by atoms with Crippen LogP contribution in [-0.4, -0.2) is 31.8 Å². The van der Waals surface area contributed by atoms with Crippen molar-refractivity contribution in [1.29, 1.82) is 0 Å². The van der Waals surface area contributed by atoms with Gasteiger partial charge in [-0.05, 0) is 25.7 Å². The Morgan fingerprint density at radius 3 is 3.00 bits per heavy atom. The summed E-state index contributed by atoms with van der Waals surface area (Å²) in [4.78, 5) is 0. The molecule has 3 heteroatoms. The van der Waals surface area contributed by atoms with Crippen LogP contribution in [0.5, 0.6) is 0 Å². The van der Waals surface area contributed by atoms with E-state index in [1.165, 1.54) is 6.42 Å².